The summed E-state index contributed by atoms with van der Waals surface area (Å²) in [4.78, 5) is 21.3. The lowest BCUT2D eigenvalue weighted by molar-refractivity contribution is -0.129. The van der Waals surface area contributed by atoms with Gasteiger partial charge in [-0.25, -0.2) is 14.1 Å². The van der Waals surface area contributed by atoms with Crippen molar-refractivity contribution in [2.75, 3.05) is 12.4 Å². The lowest BCUT2D eigenvalue weighted by Gasteiger charge is -2.22. The zero-order valence-electron chi connectivity index (χ0n) is 18.8. The number of fused-ring (bicyclic) bond motifs is 1. The molecule has 0 spiro atoms. The molecule has 0 bridgehead atoms. The number of anilines is 1. The molecule has 176 valence electrons. The molecule has 4 aromatic rings. The maximum absolute atomic E-state index is 15.2. The number of nitrogens with one attached hydrogen (secondary N) is 2. The number of carbonyl (C=O) groups excluding carboxylic acids is 1. The molecular formula is C22H22BrFN8OS. The van der Waals surface area contributed by atoms with Crippen molar-refractivity contribution >= 4 is 50.2 Å². The van der Waals surface area contributed by atoms with Gasteiger partial charge in [0.25, 0.3) is 0 Å². The number of aryl methyl sites for hydroxylation is 1. The Morgan fingerprint density at radius 2 is 2.18 bits per heavy atom. The highest BCUT2D eigenvalue weighted by Gasteiger charge is 2.41. The Morgan fingerprint density at radius 1 is 1.35 bits per heavy atom. The van der Waals surface area contributed by atoms with Gasteiger partial charge in [0, 0.05) is 30.3 Å². The van der Waals surface area contributed by atoms with E-state index in [0.717, 1.165) is 17.8 Å². The highest BCUT2D eigenvalue weighted by Crippen LogP contribution is 2.39. The predicted octanol–water partition coefficient (Wildman–Crippen LogP) is 4.26. The van der Waals surface area contributed by atoms with Crippen LogP contribution in [0.4, 0.5) is 10.3 Å². The molecule has 5 rings (SSSR count). The summed E-state index contributed by atoms with van der Waals surface area (Å²) in [6, 6.07) is 4.93. The summed E-state index contributed by atoms with van der Waals surface area (Å²) < 4.78 is 17.1. The van der Waals surface area contributed by atoms with E-state index in [2.05, 4.69) is 51.8 Å². The van der Waals surface area contributed by atoms with Crippen LogP contribution in [0.25, 0.3) is 27.3 Å². The Kier molecular flexibility index (Phi) is 5.80. The molecule has 3 aromatic heterocycles. The average Bonchev–Trinajstić information content (AvgIpc) is 3.51. The third-order valence-electron chi connectivity index (χ3n) is 6.18. The lowest BCUT2D eigenvalue weighted by atomic mass is 9.87. The molecule has 3 heterocycles. The maximum Gasteiger partial charge on any atom is 0.225 e. The fourth-order valence-corrected chi connectivity index (χ4v) is 5.51. The van der Waals surface area contributed by atoms with Crippen LogP contribution in [0.1, 0.15) is 31.2 Å². The number of carbonyl (C=O) groups is 1. The summed E-state index contributed by atoms with van der Waals surface area (Å²) in [6.45, 7) is 3.83. The zero-order chi connectivity index (χ0) is 24.0. The van der Waals surface area contributed by atoms with E-state index in [0.29, 0.717) is 38.6 Å². The lowest BCUT2D eigenvalue weighted by Crippen LogP contribution is -2.35. The van der Waals surface area contributed by atoms with E-state index in [-0.39, 0.29) is 17.6 Å². The van der Waals surface area contributed by atoms with Crippen molar-refractivity contribution in [1.82, 2.24) is 35.3 Å². The van der Waals surface area contributed by atoms with E-state index < -0.39 is 11.2 Å². The number of aromatic nitrogens is 6. The van der Waals surface area contributed by atoms with Crippen LogP contribution in [0, 0.1) is 18.2 Å². The van der Waals surface area contributed by atoms with Crippen LogP contribution in [-0.4, -0.2) is 48.9 Å². The molecule has 34 heavy (non-hydrogen) atoms. The van der Waals surface area contributed by atoms with Crippen LogP contribution in [0.3, 0.4) is 0 Å². The Labute approximate surface area is 207 Å². The third kappa shape index (κ3) is 4.05. The molecule has 9 nitrogen and oxygen atoms in total. The second kappa shape index (κ2) is 8.66. The number of amides is 1. The van der Waals surface area contributed by atoms with E-state index in [1.54, 1.807) is 25.4 Å². The second-order valence-electron chi connectivity index (χ2n) is 8.65. The minimum absolute atomic E-state index is 0.0396. The SMILES string of the molecule is CNC(=O)[C@]1(C)CC[C@@H](Nc2ncc3c(Br)nn(-c4ccc(-c5nnc(C)s5)cc4F)c3n2)C1. The van der Waals surface area contributed by atoms with Crippen molar-refractivity contribution < 1.29 is 9.18 Å². The van der Waals surface area contributed by atoms with Crippen LogP contribution < -0.4 is 10.6 Å². The topological polar surface area (TPSA) is 111 Å². The minimum Gasteiger partial charge on any atom is -0.359 e. The van der Waals surface area contributed by atoms with Gasteiger partial charge in [-0.3, -0.25) is 4.79 Å². The number of hydrogen-bond donors (Lipinski definition) is 2. The molecule has 1 saturated carbocycles. The standard InChI is InChI=1S/C22H22BrFN8OS/c1-11-29-30-19(34-11)12-4-5-16(15(24)8-12)32-18-14(17(23)31-32)10-26-21(28-18)27-13-6-7-22(2,9-13)20(33)25-3/h4-5,8,10,13H,6-7,9H2,1-3H3,(H,25,33)(H,26,27,28)/t13-,22-/m1/s1. The van der Waals surface area contributed by atoms with Crippen LogP contribution in [0.2, 0.25) is 0 Å². The van der Waals surface area contributed by atoms with Crippen LogP contribution in [-0.2, 0) is 4.79 Å². The van der Waals surface area contributed by atoms with Gasteiger partial charge < -0.3 is 10.6 Å². The van der Waals surface area contributed by atoms with Crippen molar-refractivity contribution in [2.24, 2.45) is 5.41 Å². The van der Waals surface area contributed by atoms with Gasteiger partial charge >= 0.3 is 0 Å². The van der Waals surface area contributed by atoms with E-state index >= 15 is 4.39 Å². The summed E-state index contributed by atoms with van der Waals surface area (Å²) in [5, 5.41) is 20.7. The monoisotopic (exact) mass is 544 g/mol. The van der Waals surface area contributed by atoms with E-state index in [1.165, 1.54) is 22.1 Å². The van der Waals surface area contributed by atoms with Crippen molar-refractivity contribution in [3.8, 4) is 16.3 Å². The van der Waals surface area contributed by atoms with E-state index in [4.69, 9.17) is 0 Å². The van der Waals surface area contributed by atoms with Crippen molar-refractivity contribution in [1.29, 1.82) is 0 Å². The largest absolute Gasteiger partial charge is 0.359 e. The Bertz CT molecular complexity index is 1410. The first-order chi connectivity index (χ1) is 16.3. The molecule has 12 heteroatoms. The van der Waals surface area contributed by atoms with Gasteiger partial charge in [-0.2, -0.15) is 10.1 Å². The van der Waals surface area contributed by atoms with Crippen LogP contribution >= 0.6 is 27.3 Å². The predicted molar refractivity (Wildman–Crippen MR) is 131 cm³/mol. The number of rotatable bonds is 5. The van der Waals surface area contributed by atoms with Gasteiger partial charge in [0.1, 0.15) is 26.1 Å². The third-order valence-corrected chi connectivity index (χ3v) is 7.65. The Morgan fingerprint density at radius 3 is 2.88 bits per heavy atom. The van der Waals surface area contributed by atoms with Gasteiger partial charge in [0.2, 0.25) is 11.9 Å². The highest BCUT2D eigenvalue weighted by atomic mass is 79.9. The van der Waals surface area contributed by atoms with Gasteiger partial charge in [0.05, 0.1) is 5.39 Å². The minimum atomic E-state index is -0.451. The molecule has 1 fully saturated rings. The van der Waals surface area contributed by atoms with Crippen LogP contribution in [0.15, 0.2) is 29.0 Å². The van der Waals surface area contributed by atoms with Crippen LogP contribution in [0.5, 0.6) is 0 Å². The molecule has 0 saturated heterocycles. The quantitative estimate of drug-likeness (QED) is 0.386. The van der Waals surface area contributed by atoms with E-state index in [9.17, 15) is 4.79 Å². The number of benzene rings is 1. The first-order valence-electron chi connectivity index (χ1n) is 10.8. The number of hydrogen-bond acceptors (Lipinski definition) is 8. The van der Waals surface area contributed by atoms with Gasteiger partial charge in [-0.05, 0) is 60.3 Å². The Balaban J connectivity index is 1.45. The van der Waals surface area contributed by atoms with E-state index in [1.807, 2.05) is 13.8 Å². The summed E-state index contributed by atoms with van der Waals surface area (Å²) in [5.74, 6) is -0.000952. The molecule has 1 aromatic carbocycles. The Hall–Kier alpha value is -2.99. The molecule has 1 aliphatic rings. The van der Waals surface area contributed by atoms with Gasteiger partial charge in [0.15, 0.2) is 5.65 Å². The molecule has 0 radical (unpaired) electrons. The summed E-state index contributed by atoms with van der Waals surface area (Å²) in [5.41, 5.74) is 0.963. The van der Waals surface area contributed by atoms with Crippen molar-refractivity contribution in [3.05, 3.63) is 39.8 Å². The summed E-state index contributed by atoms with van der Waals surface area (Å²) in [6.07, 6.45) is 3.94. The van der Waals surface area contributed by atoms with Crippen molar-refractivity contribution in [2.45, 2.75) is 39.2 Å². The molecule has 1 amide bonds. The molecular weight excluding hydrogens is 523 g/mol. The molecule has 1 aliphatic carbocycles. The highest BCUT2D eigenvalue weighted by molar-refractivity contribution is 9.10. The number of nitrogens with zero attached hydrogens (tertiary/aromatic N) is 6. The fraction of sp³-hybridized carbons (Fsp3) is 0.364. The fourth-order valence-electron chi connectivity index (χ4n) is 4.39. The van der Waals surface area contributed by atoms with Gasteiger partial charge in [-0.15, -0.1) is 10.2 Å². The first kappa shape index (κ1) is 22.8. The smallest absolute Gasteiger partial charge is 0.225 e. The molecule has 2 N–H and O–H groups in total. The number of halogens is 2. The molecule has 0 unspecified atom stereocenters. The first-order valence-corrected chi connectivity index (χ1v) is 12.4. The zero-order valence-corrected chi connectivity index (χ0v) is 21.2. The molecule has 2 atom stereocenters. The normalized spacial score (nSPS) is 20.1. The maximum atomic E-state index is 15.2. The average molecular weight is 545 g/mol. The second-order valence-corrected chi connectivity index (χ2v) is 10.6. The van der Waals surface area contributed by atoms with Crippen molar-refractivity contribution in [3.63, 3.8) is 0 Å². The molecule has 0 aliphatic heterocycles. The summed E-state index contributed by atoms with van der Waals surface area (Å²) >= 11 is 4.83. The summed E-state index contributed by atoms with van der Waals surface area (Å²) in [7, 11) is 1.66. The van der Waals surface area contributed by atoms with Gasteiger partial charge in [-0.1, -0.05) is 18.3 Å².